The van der Waals surface area contributed by atoms with E-state index < -0.39 is 11.9 Å². The fourth-order valence-electron chi connectivity index (χ4n) is 2.48. The van der Waals surface area contributed by atoms with E-state index in [-0.39, 0.29) is 17.7 Å². The van der Waals surface area contributed by atoms with Crippen molar-refractivity contribution in [3.63, 3.8) is 0 Å². The van der Waals surface area contributed by atoms with Crippen LogP contribution in [0.3, 0.4) is 0 Å². The van der Waals surface area contributed by atoms with Gasteiger partial charge in [-0.1, -0.05) is 45.0 Å². The third-order valence-electron chi connectivity index (χ3n) is 3.87. The maximum absolute atomic E-state index is 12.6. The average Bonchev–Trinajstić information content (AvgIpc) is 3.15. The van der Waals surface area contributed by atoms with Gasteiger partial charge in [0.25, 0.3) is 0 Å². The smallest absolute Gasteiger partial charge is 0.347 e. The zero-order valence-electron chi connectivity index (χ0n) is 15.6. The molecule has 0 aliphatic carbocycles. The standard InChI is InChI=1S/C21H18O5S3/c1-24-12-4-7-19(22)26-17-6-3-2-5-16(17)21(23)25-15-10-8-14(9-11-15)18-13-20(27)29-28-18/h2-3,5-6,8-11,13H,4,7,12H2,1H3. The van der Waals surface area contributed by atoms with Gasteiger partial charge in [-0.3, -0.25) is 4.79 Å². The molecule has 0 unspecified atom stereocenters. The number of benzene rings is 2. The van der Waals surface area contributed by atoms with Crippen molar-refractivity contribution in [3.8, 4) is 21.9 Å². The largest absolute Gasteiger partial charge is 0.426 e. The second kappa shape index (κ2) is 10.4. The van der Waals surface area contributed by atoms with Crippen molar-refractivity contribution in [3.05, 3.63) is 64.0 Å². The molecular formula is C21H18O5S3. The summed E-state index contributed by atoms with van der Waals surface area (Å²) in [7, 11) is 4.72. The number of hydrogen-bond acceptors (Lipinski definition) is 8. The molecule has 0 spiro atoms. The molecule has 0 amide bonds. The zero-order valence-corrected chi connectivity index (χ0v) is 18.0. The number of carbonyl (C=O) groups excluding carboxylic acids is 2. The van der Waals surface area contributed by atoms with Crippen LogP contribution in [0.25, 0.3) is 10.4 Å². The number of rotatable bonds is 8. The Hall–Kier alpha value is -2.39. The van der Waals surface area contributed by atoms with Crippen molar-refractivity contribution in [1.29, 1.82) is 0 Å². The van der Waals surface area contributed by atoms with Crippen molar-refractivity contribution >= 4 is 44.8 Å². The number of ether oxygens (including phenoxy) is 3. The second-order valence-corrected chi connectivity index (χ2v) is 8.89. The van der Waals surface area contributed by atoms with E-state index in [9.17, 15) is 9.59 Å². The molecule has 0 atom stereocenters. The number of esters is 2. The zero-order chi connectivity index (χ0) is 20.6. The van der Waals surface area contributed by atoms with E-state index in [1.54, 1.807) is 64.2 Å². The van der Waals surface area contributed by atoms with Crippen molar-refractivity contribution in [1.82, 2.24) is 0 Å². The highest BCUT2D eigenvalue weighted by molar-refractivity contribution is 7.80. The fourth-order valence-corrected chi connectivity index (χ4v) is 4.88. The first kappa shape index (κ1) is 21.3. The maximum Gasteiger partial charge on any atom is 0.347 e. The first-order valence-electron chi connectivity index (χ1n) is 8.78. The average molecular weight is 447 g/mol. The molecule has 0 aliphatic rings. The third kappa shape index (κ3) is 6.04. The third-order valence-corrected chi connectivity index (χ3v) is 6.78. The highest BCUT2D eigenvalue weighted by Crippen LogP contribution is 2.30. The minimum atomic E-state index is -0.593. The quantitative estimate of drug-likeness (QED) is 0.144. The van der Waals surface area contributed by atoms with Gasteiger partial charge in [-0.25, -0.2) is 4.79 Å². The minimum absolute atomic E-state index is 0.176. The Morgan fingerprint density at radius 3 is 2.45 bits per heavy atom. The topological polar surface area (TPSA) is 61.8 Å². The molecule has 0 N–H and O–H groups in total. The van der Waals surface area contributed by atoms with Crippen LogP contribution >= 0.6 is 32.9 Å². The molecule has 8 heteroatoms. The number of para-hydroxylation sites is 1. The molecule has 150 valence electrons. The molecule has 29 heavy (non-hydrogen) atoms. The van der Waals surface area contributed by atoms with E-state index in [1.165, 1.54) is 0 Å². The first-order chi connectivity index (χ1) is 14.1. The molecular weight excluding hydrogens is 428 g/mol. The van der Waals surface area contributed by atoms with Gasteiger partial charge in [-0.2, -0.15) is 0 Å². The van der Waals surface area contributed by atoms with Crippen LogP contribution in [0, 0.1) is 3.82 Å². The van der Waals surface area contributed by atoms with Gasteiger partial charge >= 0.3 is 11.9 Å². The lowest BCUT2D eigenvalue weighted by Gasteiger charge is -2.10. The first-order valence-corrected chi connectivity index (χ1v) is 11.3. The Morgan fingerprint density at radius 1 is 1.00 bits per heavy atom. The van der Waals surface area contributed by atoms with Gasteiger partial charge in [-0.15, -0.1) is 0 Å². The normalized spacial score (nSPS) is 10.5. The van der Waals surface area contributed by atoms with Crippen LogP contribution in [0.5, 0.6) is 11.5 Å². The Kier molecular flexibility index (Phi) is 7.65. The van der Waals surface area contributed by atoms with Gasteiger partial charge in [0.05, 0.1) is 0 Å². The molecule has 1 heterocycles. The summed E-state index contributed by atoms with van der Waals surface area (Å²) < 4.78 is 16.5. The molecule has 0 saturated heterocycles. The van der Waals surface area contributed by atoms with Gasteiger partial charge in [0, 0.05) is 25.0 Å². The number of carbonyl (C=O) groups is 2. The van der Waals surface area contributed by atoms with Gasteiger partial charge in [0.2, 0.25) is 0 Å². The highest BCUT2D eigenvalue weighted by Gasteiger charge is 2.17. The summed E-state index contributed by atoms with van der Waals surface area (Å²) in [4.78, 5) is 25.6. The lowest BCUT2D eigenvalue weighted by molar-refractivity contribution is -0.134. The Morgan fingerprint density at radius 2 is 1.76 bits per heavy atom. The Balaban J connectivity index is 1.67. The van der Waals surface area contributed by atoms with Gasteiger partial charge < -0.3 is 14.2 Å². The van der Waals surface area contributed by atoms with E-state index in [0.717, 1.165) is 14.3 Å². The molecule has 5 nitrogen and oxygen atoms in total. The fraction of sp³-hybridized carbons (Fsp3) is 0.190. The van der Waals surface area contributed by atoms with Crippen LogP contribution in [0.4, 0.5) is 0 Å². The summed E-state index contributed by atoms with van der Waals surface area (Å²) in [5.41, 5.74) is 1.19. The summed E-state index contributed by atoms with van der Waals surface area (Å²) in [6.45, 7) is 0.467. The molecule has 0 bridgehead atoms. The molecule has 0 saturated carbocycles. The van der Waals surface area contributed by atoms with Crippen molar-refractivity contribution in [2.75, 3.05) is 13.7 Å². The maximum atomic E-state index is 12.6. The van der Waals surface area contributed by atoms with E-state index in [1.807, 2.05) is 18.2 Å². The van der Waals surface area contributed by atoms with Crippen LogP contribution in [-0.4, -0.2) is 25.7 Å². The molecule has 3 rings (SSSR count). The van der Waals surface area contributed by atoms with Crippen LogP contribution in [0.2, 0.25) is 0 Å². The molecule has 3 aromatic rings. The lowest BCUT2D eigenvalue weighted by Crippen LogP contribution is -2.14. The predicted molar refractivity (Wildman–Crippen MR) is 117 cm³/mol. The molecule has 0 aliphatic heterocycles. The summed E-state index contributed by atoms with van der Waals surface area (Å²) in [5.74, 6) is -0.442. The van der Waals surface area contributed by atoms with Crippen molar-refractivity contribution in [2.45, 2.75) is 12.8 Å². The minimum Gasteiger partial charge on any atom is -0.426 e. The lowest BCUT2D eigenvalue weighted by atomic mass is 10.2. The molecule has 2 aromatic carbocycles. The van der Waals surface area contributed by atoms with Gasteiger partial charge in [0.1, 0.15) is 20.9 Å². The Bertz CT molecular complexity index is 1040. The van der Waals surface area contributed by atoms with Crippen molar-refractivity contribution in [2.24, 2.45) is 0 Å². The van der Waals surface area contributed by atoms with E-state index >= 15 is 0 Å². The molecule has 0 radical (unpaired) electrons. The summed E-state index contributed by atoms with van der Waals surface area (Å²) >= 11 is 5.16. The van der Waals surface area contributed by atoms with E-state index in [4.69, 9.17) is 26.4 Å². The van der Waals surface area contributed by atoms with Gasteiger partial charge in [0.15, 0.2) is 0 Å². The molecule has 1 aromatic heterocycles. The predicted octanol–water partition coefficient (Wildman–Crippen LogP) is 5.76. The summed E-state index contributed by atoms with van der Waals surface area (Å²) in [5, 5.41) is 0. The number of hydrogen-bond donors (Lipinski definition) is 0. The SMILES string of the molecule is COCCCC(=O)Oc1ccccc1C(=O)Oc1ccc(-c2cc(=S)ss2)cc1. The van der Waals surface area contributed by atoms with Crippen LogP contribution in [0.1, 0.15) is 23.2 Å². The van der Waals surface area contributed by atoms with Crippen LogP contribution in [0.15, 0.2) is 54.6 Å². The number of methoxy groups -OCH3 is 1. The van der Waals surface area contributed by atoms with Crippen LogP contribution in [-0.2, 0) is 9.53 Å². The second-order valence-electron chi connectivity index (χ2n) is 5.97. The van der Waals surface area contributed by atoms with Gasteiger partial charge in [-0.05, 0) is 54.4 Å². The van der Waals surface area contributed by atoms with Crippen LogP contribution < -0.4 is 9.47 Å². The Labute approximate surface area is 180 Å². The summed E-state index contributed by atoms with van der Waals surface area (Å²) in [6.07, 6.45) is 0.751. The molecule has 0 fully saturated rings. The highest BCUT2D eigenvalue weighted by atomic mass is 32.9. The monoisotopic (exact) mass is 446 g/mol. The van der Waals surface area contributed by atoms with E-state index in [0.29, 0.717) is 18.8 Å². The summed E-state index contributed by atoms with van der Waals surface area (Å²) in [6, 6.07) is 15.6. The van der Waals surface area contributed by atoms with E-state index in [2.05, 4.69) is 0 Å². The van der Waals surface area contributed by atoms with Crippen molar-refractivity contribution < 1.29 is 23.8 Å².